The van der Waals surface area contributed by atoms with Crippen LogP contribution in [0.1, 0.15) is 17.9 Å². The molecular formula is C21H23NO7. The number of carbonyl (C=O) groups excluding carboxylic acids is 1. The van der Waals surface area contributed by atoms with E-state index in [9.17, 15) is 24.9 Å². The van der Waals surface area contributed by atoms with Crippen molar-refractivity contribution < 1.29 is 29.6 Å². The SMILES string of the molecule is O=C[C@H](Nc1ccc2cc(C3C=CC=CC3)c(=O)oc2c1)[C@@H](O)[C@H](O)[C@H](O)CO. The van der Waals surface area contributed by atoms with Crippen molar-refractivity contribution >= 4 is 22.9 Å². The molecule has 5 N–H and O–H groups in total. The number of carbonyl (C=O) groups is 1. The maximum atomic E-state index is 12.4. The van der Waals surface area contributed by atoms with Crippen molar-refractivity contribution in [1.82, 2.24) is 0 Å². The van der Waals surface area contributed by atoms with Crippen LogP contribution in [0.15, 0.2) is 57.8 Å². The van der Waals surface area contributed by atoms with Gasteiger partial charge in [0.05, 0.1) is 6.61 Å². The molecule has 0 bridgehead atoms. The van der Waals surface area contributed by atoms with E-state index in [-0.39, 0.29) is 5.92 Å². The van der Waals surface area contributed by atoms with Gasteiger partial charge in [0.15, 0.2) is 0 Å². The second-order valence-electron chi connectivity index (χ2n) is 6.93. The summed E-state index contributed by atoms with van der Waals surface area (Å²) in [6.45, 7) is -0.765. The molecule has 1 aromatic carbocycles. The lowest BCUT2D eigenvalue weighted by atomic mass is 9.93. The van der Waals surface area contributed by atoms with Gasteiger partial charge in [-0.1, -0.05) is 24.3 Å². The first kappa shape index (κ1) is 20.9. The number of aldehydes is 1. The summed E-state index contributed by atoms with van der Waals surface area (Å²) in [5, 5.41) is 41.6. The molecule has 1 unspecified atom stereocenters. The smallest absolute Gasteiger partial charge is 0.340 e. The molecule has 2 aromatic rings. The van der Waals surface area contributed by atoms with Crippen LogP contribution in [0.2, 0.25) is 0 Å². The third-order valence-corrected chi connectivity index (χ3v) is 4.92. The first-order valence-electron chi connectivity index (χ1n) is 9.22. The molecule has 1 heterocycles. The van der Waals surface area contributed by atoms with E-state index in [0.717, 1.165) is 0 Å². The minimum atomic E-state index is -1.72. The molecule has 0 radical (unpaired) electrons. The van der Waals surface area contributed by atoms with E-state index in [4.69, 9.17) is 9.52 Å². The highest BCUT2D eigenvalue weighted by atomic mass is 16.4. The molecule has 5 atom stereocenters. The van der Waals surface area contributed by atoms with Crippen LogP contribution in [0.25, 0.3) is 11.0 Å². The molecule has 0 saturated carbocycles. The van der Waals surface area contributed by atoms with E-state index in [1.54, 1.807) is 18.2 Å². The Labute approximate surface area is 166 Å². The molecule has 1 aliphatic rings. The summed E-state index contributed by atoms with van der Waals surface area (Å²) in [7, 11) is 0. The number of fused-ring (bicyclic) bond motifs is 1. The molecule has 0 saturated heterocycles. The second kappa shape index (κ2) is 9.15. The van der Waals surface area contributed by atoms with Gasteiger partial charge in [0.2, 0.25) is 0 Å². The fraction of sp³-hybridized carbons (Fsp3) is 0.333. The topological polar surface area (TPSA) is 140 Å². The predicted molar refractivity (Wildman–Crippen MR) is 107 cm³/mol. The summed E-state index contributed by atoms with van der Waals surface area (Å²) in [5.74, 6) is -0.0486. The minimum Gasteiger partial charge on any atom is -0.422 e. The number of anilines is 1. The molecule has 0 aliphatic heterocycles. The van der Waals surface area contributed by atoms with E-state index in [1.165, 1.54) is 6.07 Å². The molecule has 1 aromatic heterocycles. The summed E-state index contributed by atoms with van der Waals surface area (Å²) < 4.78 is 5.44. The first-order valence-corrected chi connectivity index (χ1v) is 9.22. The van der Waals surface area contributed by atoms with Crippen molar-refractivity contribution in [1.29, 1.82) is 0 Å². The van der Waals surface area contributed by atoms with Crippen molar-refractivity contribution in [2.45, 2.75) is 36.7 Å². The van der Waals surface area contributed by atoms with Gasteiger partial charge in [-0.05, 0) is 24.6 Å². The number of hydrogen-bond donors (Lipinski definition) is 5. The van der Waals surface area contributed by atoms with Crippen LogP contribution in [0.3, 0.4) is 0 Å². The average Bonchev–Trinajstić information content (AvgIpc) is 2.75. The molecule has 154 valence electrons. The maximum absolute atomic E-state index is 12.4. The number of rotatable bonds is 8. The summed E-state index contributed by atoms with van der Waals surface area (Å²) in [4.78, 5) is 23.7. The van der Waals surface area contributed by atoms with Gasteiger partial charge in [0.1, 0.15) is 36.2 Å². The maximum Gasteiger partial charge on any atom is 0.340 e. The third kappa shape index (κ3) is 4.63. The predicted octanol–water partition coefficient (Wildman–Crippen LogP) is 0.447. The molecule has 29 heavy (non-hydrogen) atoms. The zero-order chi connectivity index (χ0) is 21.0. The minimum absolute atomic E-state index is 0.0486. The molecule has 1 aliphatic carbocycles. The van der Waals surface area contributed by atoms with Crippen LogP contribution in [-0.2, 0) is 4.79 Å². The van der Waals surface area contributed by atoms with Gasteiger partial charge < -0.3 is 35.0 Å². The lowest BCUT2D eigenvalue weighted by Crippen LogP contribution is -2.49. The Balaban J connectivity index is 1.83. The van der Waals surface area contributed by atoms with Gasteiger partial charge in [0.25, 0.3) is 0 Å². The van der Waals surface area contributed by atoms with Crippen LogP contribution in [-0.4, -0.2) is 57.7 Å². The summed E-state index contributed by atoms with van der Waals surface area (Å²) in [6, 6.07) is 5.37. The Hall–Kier alpha value is -2.78. The number of aliphatic hydroxyl groups excluding tert-OH is 4. The Bertz CT molecular complexity index is 981. The van der Waals surface area contributed by atoms with Crippen LogP contribution in [0.4, 0.5) is 5.69 Å². The van der Waals surface area contributed by atoms with Crippen molar-refractivity contribution in [2.24, 2.45) is 0 Å². The van der Waals surface area contributed by atoms with Gasteiger partial charge in [-0.2, -0.15) is 0 Å². The monoisotopic (exact) mass is 401 g/mol. The summed E-state index contributed by atoms with van der Waals surface area (Å²) >= 11 is 0. The highest BCUT2D eigenvalue weighted by molar-refractivity contribution is 5.81. The molecule has 0 fully saturated rings. The Morgan fingerprint density at radius 1 is 1.17 bits per heavy atom. The largest absolute Gasteiger partial charge is 0.422 e. The normalized spacial score (nSPS) is 20.2. The van der Waals surface area contributed by atoms with Gasteiger partial charge in [-0.15, -0.1) is 0 Å². The molecule has 8 nitrogen and oxygen atoms in total. The van der Waals surface area contributed by atoms with Crippen LogP contribution >= 0.6 is 0 Å². The number of nitrogens with one attached hydrogen (secondary N) is 1. The standard InChI is InChI=1S/C21H23NO7/c23-10-16(19(26)20(27)17(25)11-24)22-14-7-6-13-8-15(12-4-2-1-3-5-12)21(28)29-18(13)9-14/h1-4,6-10,12,16-17,19-20,22,24-27H,5,11H2/t12?,16-,17+,19+,20+/m0/s1. The third-order valence-electron chi connectivity index (χ3n) is 4.92. The van der Waals surface area contributed by atoms with Crippen molar-refractivity contribution in [3.8, 4) is 0 Å². The molecular weight excluding hydrogens is 378 g/mol. The van der Waals surface area contributed by atoms with E-state index in [2.05, 4.69) is 5.32 Å². The van der Waals surface area contributed by atoms with Gasteiger partial charge >= 0.3 is 5.63 Å². The summed E-state index contributed by atoms with van der Waals surface area (Å²) in [6.07, 6.45) is 3.85. The van der Waals surface area contributed by atoms with Crippen LogP contribution in [0.5, 0.6) is 0 Å². The van der Waals surface area contributed by atoms with E-state index >= 15 is 0 Å². The fourth-order valence-electron chi connectivity index (χ4n) is 3.23. The van der Waals surface area contributed by atoms with Crippen molar-refractivity contribution in [2.75, 3.05) is 11.9 Å². The molecule has 0 spiro atoms. The second-order valence-corrected chi connectivity index (χ2v) is 6.93. The number of hydrogen-bond acceptors (Lipinski definition) is 8. The average molecular weight is 401 g/mol. The molecule has 0 amide bonds. The van der Waals surface area contributed by atoms with Gasteiger partial charge in [-0.25, -0.2) is 4.79 Å². The van der Waals surface area contributed by atoms with Crippen LogP contribution in [0, 0.1) is 0 Å². The zero-order valence-corrected chi connectivity index (χ0v) is 15.5. The zero-order valence-electron chi connectivity index (χ0n) is 15.5. The Kier molecular flexibility index (Phi) is 6.60. The number of aliphatic hydroxyl groups is 4. The Morgan fingerprint density at radius 3 is 2.62 bits per heavy atom. The molecule has 3 rings (SSSR count). The van der Waals surface area contributed by atoms with Gasteiger partial charge in [0, 0.05) is 28.6 Å². The van der Waals surface area contributed by atoms with Gasteiger partial charge in [-0.3, -0.25) is 0 Å². The quantitative estimate of drug-likeness (QED) is 0.317. The summed E-state index contributed by atoms with van der Waals surface area (Å²) in [5.41, 5.74) is 0.777. The highest BCUT2D eigenvalue weighted by Gasteiger charge is 2.31. The lowest BCUT2D eigenvalue weighted by molar-refractivity contribution is -0.117. The highest BCUT2D eigenvalue weighted by Crippen LogP contribution is 2.26. The Morgan fingerprint density at radius 2 is 1.97 bits per heavy atom. The van der Waals surface area contributed by atoms with E-state index in [1.807, 2.05) is 24.3 Å². The first-order chi connectivity index (χ1) is 13.9. The fourth-order valence-corrected chi connectivity index (χ4v) is 3.23. The van der Waals surface area contributed by atoms with Crippen molar-refractivity contribution in [3.05, 3.63) is 64.6 Å². The molecule has 8 heteroatoms. The van der Waals surface area contributed by atoms with E-state index < -0.39 is 36.6 Å². The van der Waals surface area contributed by atoms with E-state index in [0.29, 0.717) is 34.9 Å². The van der Waals surface area contributed by atoms with Crippen molar-refractivity contribution in [3.63, 3.8) is 0 Å². The number of allylic oxidation sites excluding steroid dienone is 4. The number of benzene rings is 1. The van der Waals surface area contributed by atoms with Crippen LogP contribution < -0.4 is 10.9 Å². The lowest BCUT2D eigenvalue weighted by Gasteiger charge is -2.26.